The Labute approximate surface area is 134 Å². The second-order valence-corrected chi connectivity index (χ2v) is 6.28. The van der Waals surface area contributed by atoms with Crippen LogP contribution in [0.25, 0.3) is 0 Å². The van der Waals surface area contributed by atoms with E-state index in [0.717, 1.165) is 43.8 Å². The molecule has 1 aliphatic rings. The van der Waals surface area contributed by atoms with E-state index in [-0.39, 0.29) is 11.8 Å². The van der Waals surface area contributed by atoms with Crippen LogP contribution in [0.4, 0.5) is 13.2 Å². The van der Waals surface area contributed by atoms with Crippen LogP contribution in [0.3, 0.4) is 0 Å². The third-order valence-electron chi connectivity index (χ3n) is 4.42. The molecule has 6 heteroatoms. The highest BCUT2D eigenvalue weighted by Crippen LogP contribution is 2.31. The number of carbonyl (C=O) groups excluding carboxylic acids is 1. The van der Waals surface area contributed by atoms with Crippen molar-refractivity contribution in [2.75, 3.05) is 26.7 Å². The number of amides is 1. The minimum atomic E-state index is -4.32. The summed E-state index contributed by atoms with van der Waals surface area (Å²) in [5, 5.41) is 3.12. The first-order chi connectivity index (χ1) is 10.8. The average molecular weight is 328 g/mol. The molecule has 1 heterocycles. The van der Waals surface area contributed by atoms with Gasteiger partial charge in [0.15, 0.2) is 0 Å². The molecule has 128 valence electrons. The van der Waals surface area contributed by atoms with Gasteiger partial charge in [-0.3, -0.25) is 4.79 Å². The fourth-order valence-electron chi connectivity index (χ4n) is 3.02. The van der Waals surface area contributed by atoms with Gasteiger partial charge in [0.25, 0.3) is 0 Å². The van der Waals surface area contributed by atoms with Gasteiger partial charge in [-0.15, -0.1) is 0 Å². The van der Waals surface area contributed by atoms with Gasteiger partial charge in [-0.1, -0.05) is 19.1 Å². The highest BCUT2D eigenvalue weighted by atomic mass is 19.4. The largest absolute Gasteiger partial charge is 0.416 e. The zero-order chi connectivity index (χ0) is 17.0. The van der Waals surface area contributed by atoms with Gasteiger partial charge >= 0.3 is 6.18 Å². The standard InChI is InChI=1S/C17H23F3N2O/c1-12(14-3-5-15(6-4-14)17(18,19)20)9-16(23)22-8-7-13(11-22)10-21-2/h3-6,12-13,21H,7-11H2,1-2H3. The molecular formula is C17H23F3N2O. The van der Waals surface area contributed by atoms with Gasteiger partial charge in [0, 0.05) is 19.5 Å². The molecule has 0 radical (unpaired) electrons. The zero-order valence-corrected chi connectivity index (χ0v) is 13.5. The smallest absolute Gasteiger partial charge is 0.342 e. The lowest BCUT2D eigenvalue weighted by atomic mass is 9.96. The van der Waals surface area contributed by atoms with Crippen LogP contribution >= 0.6 is 0 Å². The van der Waals surface area contributed by atoms with Crippen LogP contribution in [0.1, 0.15) is 36.8 Å². The maximum absolute atomic E-state index is 12.6. The van der Waals surface area contributed by atoms with Crippen molar-refractivity contribution in [3.8, 4) is 0 Å². The molecule has 0 spiro atoms. The summed E-state index contributed by atoms with van der Waals surface area (Å²) in [6.45, 7) is 4.31. The molecule has 0 saturated carbocycles. The number of hydrogen-bond donors (Lipinski definition) is 1. The second-order valence-electron chi connectivity index (χ2n) is 6.28. The molecule has 0 bridgehead atoms. The molecule has 1 saturated heterocycles. The van der Waals surface area contributed by atoms with Gasteiger partial charge in [-0.2, -0.15) is 13.2 Å². The van der Waals surface area contributed by atoms with Crippen LogP contribution < -0.4 is 5.32 Å². The van der Waals surface area contributed by atoms with E-state index < -0.39 is 11.7 Å². The first kappa shape index (κ1) is 17.8. The number of carbonyl (C=O) groups is 1. The maximum atomic E-state index is 12.6. The Morgan fingerprint density at radius 1 is 1.35 bits per heavy atom. The number of nitrogens with zero attached hydrogens (tertiary/aromatic N) is 1. The van der Waals surface area contributed by atoms with E-state index in [4.69, 9.17) is 0 Å². The third-order valence-corrected chi connectivity index (χ3v) is 4.42. The number of likely N-dealkylation sites (tertiary alicyclic amines) is 1. The maximum Gasteiger partial charge on any atom is 0.416 e. The van der Waals surface area contributed by atoms with Crippen molar-refractivity contribution in [1.29, 1.82) is 0 Å². The minimum Gasteiger partial charge on any atom is -0.342 e. The van der Waals surface area contributed by atoms with Gasteiger partial charge in [0.2, 0.25) is 5.91 Å². The predicted octanol–water partition coefficient (Wildman–Crippen LogP) is 3.27. The summed E-state index contributed by atoms with van der Waals surface area (Å²) in [6, 6.07) is 5.09. The number of rotatable bonds is 5. The molecule has 1 aromatic rings. The van der Waals surface area contributed by atoms with Gasteiger partial charge in [0.1, 0.15) is 0 Å². The summed E-state index contributed by atoms with van der Waals surface area (Å²) >= 11 is 0. The van der Waals surface area contributed by atoms with Crippen molar-refractivity contribution < 1.29 is 18.0 Å². The van der Waals surface area contributed by atoms with Crippen molar-refractivity contribution in [2.45, 2.75) is 31.9 Å². The topological polar surface area (TPSA) is 32.3 Å². The lowest BCUT2D eigenvalue weighted by molar-refractivity contribution is -0.137. The van der Waals surface area contributed by atoms with E-state index in [1.165, 1.54) is 12.1 Å². The summed E-state index contributed by atoms with van der Waals surface area (Å²) < 4.78 is 37.7. The van der Waals surface area contributed by atoms with Gasteiger partial charge in [0.05, 0.1) is 5.56 Å². The Hall–Kier alpha value is -1.56. The molecule has 0 aromatic heterocycles. The van der Waals surface area contributed by atoms with Gasteiger partial charge in [-0.25, -0.2) is 0 Å². The first-order valence-electron chi connectivity index (χ1n) is 7.90. The first-order valence-corrected chi connectivity index (χ1v) is 7.90. The molecule has 2 atom stereocenters. The fourth-order valence-corrected chi connectivity index (χ4v) is 3.02. The van der Waals surface area contributed by atoms with Crippen LogP contribution in [0.5, 0.6) is 0 Å². The van der Waals surface area contributed by atoms with Crippen molar-refractivity contribution in [3.05, 3.63) is 35.4 Å². The normalized spacial score (nSPS) is 19.9. The molecule has 2 rings (SSSR count). The zero-order valence-electron chi connectivity index (χ0n) is 13.5. The molecule has 2 unspecified atom stereocenters. The molecule has 1 aliphatic heterocycles. The summed E-state index contributed by atoms with van der Waals surface area (Å²) in [6.07, 6.45) is -2.99. The van der Waals surface area contributed by atoms with E-state index in [0.29, 0.717) is 12.3 Å². The number of benzene rings is 1. The minimum absolute atomic E-state index is 0.0796. The number of halogens is 3. The molecule has 1 fully saturated rings. The Kier molecular flexibility index (Phi) is 5.68. The second kappa shape index (κ2) is 7.34. The van der Waals surface area contributed by atoms with Gasteiger partial charge < -0.3 is 10.2 Å². The third kappa shape index (κ3) is 4.70. The molecule has 1 amide bonds. The van der Waals surface area contributed by atoms with Crippen molar-refractivity contribution in [1.82, 2.24) is 10.2 Å². The van der Waals surface area contributed by atoms with Crippen LogP contribution in [0.15, 0.2) is 24.3 Å². The quantitative estimate of drug-likeness (QED) is 0.900. The Morgan fingerprint density at radius 2 is 2.00 bits per heavy atom. The van der Waals surface area contributed by atoms with Crippen molar-refractivity contribution in [3.63, 3.8) is 0 Å². The summed E-state index contributed by atoms with van der Waals surface area (Å²) in [4.78, 5) is 14.2. The van der Waals surface area contributed by atoms with Crippen LogP contribution in [0, 0.1) is 5.92 Å². The highest BCUT2D eigenvalue weighted by molar-refractivity contribution is 5.77. The van der Waals surface area contributed by atoms with Crippen LogP contribution in [-0.2, 0) is 11.0 Å². The SMILES string of the molecule is CNCC1CCN(C(=O)CC(C)c2ccc(C(F)(F)F)cc2)C1. The van der Waals surface area contributed by atoms with Crippen molar-refractivity contribution >= 4 is 5.91 Å². The van der Waals surface area contributed by atoms with Crippen LogP contribution in [0.2, 0.25) is 0 Å². The highest BCUT2D eigenvalue weighted by Gasteiger charge is 2.30. The Bertz CT molecular complexity index is 528. The van der Waals surface area contributed by atoms with Crippen LogP contribution in [-0.4, -0.2) is 37.5 Å². The number of alkyl halides is 3. The number of nitrogens with one attached hydrogen (secondary N) is 1. The lowest BCUT2D eigenvalue weighted by Crippen LogP contribution is -2.31. The predicted molar refractivity (Wildman–Crippen MR) is 83.1 cm³/mol. The average Bonchev–Trinajstić information content (AvgIpc) is 2.95. The van der Waals surface area contributed by atoms with E-state index in [9.17, 15) is 18.0 Å². The van der Waals surface area contributed by atoms with E-state index in [1.807, 2.05) is 18.9 Å². The molecule has 1 aromatic carbocycles. The molecule has 23 heavy (non-hydrogen) atoms. The molecule has 0 aliphatic carbocycles. The summed E-state index contributed by atoms with van der Waals surface area (Å²) in [7, 11) is 1.90. The summed E-state index contributed by atoms with van der Waals surface area (Å²) in [5.41, 5.74) is 0.103. The van der Waals surface area contributed by atoms with Gasteiger partial charge in [-0.05, 0) is 49.5 Å². The van der Waals surface area contributed by atoms with E-state index in [1.54, 1.807) is 0 Å². The lowest BCUT2D eigenvalue weighted by Gasteiger charge is -2.20. The fraction of sp³-hybridized carbons (Fsp3) is 0.588. The van der Waals surface area contributed by atoms with E-state index >= 15 is 0 Å². The molecular weight excluding hydrogens is 305 g/mol. The van der Waals surface area contributed by atoms with E-state index in [2.05, 4.69) is 5.32 Å². The van der Waals surface area contributed by atoms with Crippen molar-refractivity contribution in [2.24, 2.45) is 5.92 Å². The molecule has 3 nitrogen and oxygen atoms in total. The number of hydrogen-bond acceptors (Lipinski definition) is 2. The molecule has 1 N–H and O–H groups in total. The Balaban J connectivity index is 1.91. The Morgan fingerprint density at radius 3 is 2.57 bits per heavy atom. The monoisotopic (exact) mass is 328 g/mol. The summed E-state index contributed by atoms with van der Waals surface area (Å²) in [5.74, 6) is 0.481.